The van der Waals surface area contributed by atoms with Crippen molar-refractivity contribution in [3.05, 3.63) is 35.4 Å². The Morgan fingerprint density at radius 2 is 2.10 bits per heavy atom. The van der Waals surface area contributed by atoms with E-state index < -0.39 is 17.7 Å². The molecule has 6 heteroatoms. The molecule has 1 rings (SSSR count). The molecule has 3 N–H and O–H groups in total. The molecular weight excluding hydrogens is 278 g/mol. The number of carbonyl (C=O) groups is 1. The Balaban J connectivity index is 2.32. The van der Waals surface area contributed by atoms with E-state index in [0.29, 0.717) is 6.54 Å². The van der Waals surface area contributed by atoms with Gasteiger partial charge in [-0.3, -0.25) is 4.79 Å². The van der Waals surface area contributed by atoms with E-state index in [4.69, 9.17) is 0 Å². The van der Waals surface area contributed by atoms with E-state index in [1.165, 1.54) is 0 Å². The highest BCUT2D eigenvalue weighted by atomic mass is 19.1. The smallest absolute Gasteiger partial charge is 0.221 e. The maximum absolute atomic E-state index is 13.4. The van der Waals surface area contributed by atoms with Crippen LogP contribution in [0.25, 0.3) is 0 Å². The fraction of sp³-hybridized carbons (Fsp3) is 0.533. The summed E-state index contributed by atoms with van der Waals surface area (Å²) in [5.41, 5.74) is -0.0912. The summed E-state index contributed by atoms with van der Waals surface area (Å²) in [5, 5.41) is 15.5. The molecule has 2 unspecified atom stereocenters. The van der Waals surface area contributed by atoms with Crippen molar-refractivity contribution < 1.29 is 18.7 Å². The highest BCUT2D eigenvalue weighted by Crippen LogP contribution is 2.17. The van der Waals surface area contributed by atoms with Crippen LogP contribution in [0.1, 0.15) is 38.4 Å². The summed E-state index contributed by atoms with van der Waals surface area (Å²) >= 11 is 0. The van der Waals surface area contributed by atoms with Gasteiger partial charge in [0.15, 0.2) is 0 Å². The number of carbonyl (C=O) groups excluding carboxylic acids is 1. The SMILES string of the molecule is CCC(C)NC(=O)CCNCC(O)c1cc(F)ccc1F. The van der Waals surface area contributed by atoms with E-state index in [9.17, 15) is 18.7 Å². The second-order valence-electron chi connectivity index (χ2n) is 5.01. The van der Waals surface area contributed by atoms with Crippen molar-refractivity contribution in [2.45, 2.75) is 38.8 Å². The third-order valence-corrected chi connectivity index (χ3v) is 3.20. The molecular formula is C15H22F2N2O2. The standard InChI is InChI=1S/C15H22F2N2O2/c1-3-10(2)19-15(21)6-7-18-9-14(20)12-8-11(16)4-5-13(12)17/h4-5,8,10,14,18,20H,3,6-7,9H2,1-2H3,(H,19,21). The van der Waals surface area contributed by atoms with Gasteiger partial charge in [-0.15, -0.1) is 0 Å². The minimum atomic E-state index is -1.15. The Morgan fingerprint density at radius 3 is 2.76 bits per heavy atom. The molecule has 1 amide bonds. The van der Waals surface area contributed by atoms with Crippen molar-refractivity contribution in [3.63, 3.8) is 0 Å². The lowest BCUT2D eigenvalue weighted by molar-refractivity contribution is -0.121. The third kappa shape index (κ3) is 6.18. The molecule has 118 valence electrons. The van der Waals surface area contributed by atoms with E-state index in [-0.39, 0.29) is 30.5 Å². The summed E-state index contributed by atoms with van der Waals surface area (Å²) in [5.74, 6) is -1.33. The van der Waals surface area contributed by atoms with Crippen LogP contribution in [0, 0.1) is 11.6 Å². The van der Waals surface area contributed by atoms with Gasteiger partial charge >= 0.3 is 0 Å². The maximum atomic E-state index is 13.4. The topological polar surface area (TPSA) is 61.4 Å². The average Bonchev–Trinajstić information content (AvgIpc) is 2.45. The van der Waals surface area contributed by atoms with Crippen molar-refractivity contribution in [3.8, 4) is 0 Å². The number of hydrogen-bond acceptors (Lipinski definition) is 3. The first-order valence-corrected chi connectivity index (χ1v) is 7.07. The summed E-state index contributed by atoms with van der Waals surface area (Å²) in [4.78, 5) is 11.5. The molecule has 0 aliphatic carbocycles. The van der Waals surface area contributed by atoms with Gasteiger partial charge in [0.2, 0.25) is 5.91 Å². The summed E-state index contributed by atoms with van der Waals surface area (Å²) in [6.07, 6.45) is -0.0299. The zero-order chi connectivity index (χ0) is 15.8. The van der Waals surface area contributed by atoms with Gasteiger partial charge in [0.05, 0.1) is 6.10 Å². The van der Waals surface area contributed by atoms with Crippen molar-refractivity contribution >= 4 is 5.91 Å². The van der Waals surface area contributed by atoms with Crippen molar-refractivity contribution in [2.75, 3.05) is 13.1 Å². The monoisotopic (exact) mass is 300 g/mol. The van der Waals surface area contributed by atoms with Crippen molar-refractivity contribution in [1.82, 2.24) is 10.6 Å². The van der Waals surface area contributed by atoms with Crippen LogP contribution in [0.4, 0.5) is 8.78 Å². The van der Waals surface area contributed by atoms with Gasteiger partial charge in [-0.25, -0.2) is 8.78 Å². The zero-order valence-electron chi connectivity index (χ0n) is 12.3. The Labute approximate surface area is 123 Å². The summed E-state index contributed by atoms with van der Waals surface area (Å²) < 4.78 is 26.4. The summed E-state index contributed by atoms with van der Waals surface area (Å²) in [6, 6.07) is 3.08. The van der Waals surface area contributed by atoms with E-state index >= 15 is 0 Å². The van der Waals surface area contributed by atoms with Crippen molar-refractivity contribution in [1.29, 1.82) is 0 Å². The van der Waals surface area contributed by atoms with Crippen LogP contribution in [0.2, 0.25) is 0 Å². The first-order chi connectivity index (χ1) is 9.93. The van der Waals surface area contributed by atoms with E-state index in [0.717, 1.165) is 24.6 Å². The van der Waals surface area contributed by atoms with Crippen LogP contribution in [0.3, 0.4) is 0 Å². The van der Waals surface area contributed by atoms with Gasteiger partial charge in [0, 0.05) is 31.1 Å². The van der Waals surface area contributed by atoms with E-state index in [2.05, 4.69) is 10.6 Å². The Bertz CT molecular complexity index is 469. The minimum absolute atomic E-state index is 0.0526. The molecule has 0 heterocycles. The number of aliphatic hydroxyl groups excluding tert-OH is 1. The molecule has 1 aromatic rings. The van der Waals surface area contributed by atoms with Gasteiger partial charge in [0.25, 0.3) is 0 Å². The predicted molar refractivity (Wildman–Crippen MR) is 76.7 cm³/mol. The first-order valence-electron chi connectivity index (χ1n) is 7.07. The van der Waals surface area contributed by atoms with Crippen LogP contribution in [-0.4, -0.2) is 30.1 Å². The van der Waals surface area contributed by atoms with Crippen LogP contribution in [-0.2, 0) is 4.79 Å². The second-order valence-corrected chi connectivity index (χ2v) is 5.01. The van der Waals surface area contributed by atoms with Crippen LogP contribution >= 0.6 is 0 Å². The fourth-order valence-electron chi connectivity index (χ4n) is 1.77. The second kappa shape index (κ2) is 8.69. The van der Waals surface area contributed by atoms with E-state index in [1.807, 2.05) is 13.8 Å². The largest absolute Gasteiger partial charge is 0.387 e. The normalized spacial score (nSPS) is 13.8. The molecule has 0 saturated carbocycles. The quantitative estimate of drug-likeness (QED) is 0.643. The Hall–Kier alpha value is -1.53. The Morgan fingerprint density at radius 1 is 1.38 bits per heavy atom. The number of hydrogen-bond donors (Lipinski definition) is 3. The molecule has 1 aromatic carbocycles. The molecule has 0 saturated heterocycles. The molecule has 2 atom stereocenters. The van der Waals surface area contributed by atoms with Gasteiger partial charge < -0.3 is 15.7 Å². The average molecular weight is 300 g/mol. The van der Waals surface area contributed by atoms with Crippen LogP contribution < -0.4 is 10.6 Å². The number of nitrogens with one attached hydrogen (secondary N) is 2. The molecule has 21 heavy (non-hydrogen) atoms. The van der Waals surface area contributed by atoms with Crippen molar-refractivity contribution in [2.24, 2.45) is 0 Å². The highest BCUT2D eigenvalue weighted by Gasteiger charge is 2.13. The van der Waals surface area contributed by atoms with Crippen LogP contribution in [0.5, 0.6) is 0 Å². The number of aliphatic hydroxyl groups is 1. The summed E-state index contributed by atoms with van der Waals surface area (Å²) in [7, 11) is 0. The predicted octanol–water partition coefficient (Wildman–Crippen LogP) is 1.89. The summed E-state index contributed by atoms with van der Waals surface area (Å²) in [6.45, 7) is 4.31. The molecule has 0 aromatic heterocycles. The lowest BCUT2D eigenvalue weighted by atomic mass is 10.1. The number of rotatable bonds is 8. The van der Waals surface area contributed by atoms with E-state index in [1.54, 1.807) is 0 Å². The maximum Gasteiger partial charge on any atom is 0.221 e. The third-order valence-electron chi connectivity index (χ3n) is 3.20. The molecule has 0 spiro atoms. The molecule has 0 bridgehead atoms. The number of halogens is 2. The zero-order valence-corrected chi connectivity index (χ0v) is 12.3. The van der Waals surface area contributed by atoms with Gasteiger partial charge in [-0.05, 0) is 31.5 Å². The minimum Gasteiger partial charge on any atom is -0.387 e. The lowest BCUT2D eigenvalue weighted by Crippen LogP contribution is -2.34. The van der Waals surface area contributed by atoms with Gasteiger partial charge in [0.1, 0.15) is 11.6 Å². The molecule has 0 radical (unpaired) electrons. The molecule has 0 aliphatic rings. The molecule has 0 aliphatic heterocycles. The number of benzene rings is 1. The fourth-order valence-corrected chi connectivity index (χ4v) is 1.77. The van der Waals surface area contributed by atoms with Gasteiger partial charge in [-0.2, -0.15) is 0 Å². The highest BCUT2D eigenvalue weighted by molar-refractivity contribution is 5.76. The van der Waals surface area contributed by atoms with Crippen LogP contribution in [0.15, 0.2) is 18.2 Å². The first kappa shape index (κ1) is 17.5. The number of amides is 1. The Kier molecular flexibility index (Phi) is 7.25. The molecule has 0 fully saturated rings. The van der Waals surface area contributed by atoms with Gasteiger partial charge in [-0.1, -0.05) is 6.92 Å². The lowest BCUT2D eigenvalue weighted by Gasteiger charge is -2.14. The molecule has 4 nitrogen and oxygen atoms in total.